The van der Waals surface area contributed by atoms with Gasteiger partial charge in [0.2, 0.25) is 11.8 Å². The highest BCUT2D eigenvalue weighted by atomic mass is 16.2. The Bertz CT molecular complexity index is 1210. The van der Waals surface area contributed by atoms with Crippen molar-refractivity contribution in [1.29, 1.82) is 0 Å². The average Bonchev–Trinajstić information content (AvgIpc) is 3.27. The van der Waals surface area contributed by atoms with Crippen molar-refractivity contribution in [2.45, 2.75) is 89.8 Å². The van der Waals surface area contributed by atoms with E-state index in [9.17, 15) is 14.4 Å². The van der Waals surface area contributed by atoms with Gasteiger partial charge in [-0.15, -0.1) is 0 Å². The Hall–Kier alpha value is -2.99. The minimum absolute atomic E-state index is 0.107. The molecule has 6 rings (SSSR count). The molecule has 3 unspecified atom stereocenters. The van der Waals surface area contributed by atoms with E-state index in [1.54, 1.807) is 4.90 Å². The van der Waals surface area contributed by atoms with Gasteiger partial charge in [-0.05, 0) is 97.6 Å². The van der Waals surface area contributed by atoms with Crippen LogP contribution in [-0.4, -0.2) is 35.2 Å². The number of imide groups is 1. The largest absolute Gasteiger partial charge is 0.322 e. The first-order chi connectivity index (χ1) is 19.0. The molecule has 2 N–H and O–H groups in total. The maximum Gasteiger partial charge on any atom is 0.255 e. The van der Waals surface area contributed by atoms with Gasteiger partial charge in [0.25, 0.3) is 5.91 Å². The molecule has 3 amide bonds. The van der Waals surface area contributed by atoms with Crippen LogP contribution >= 0.6 is 0 Å². The van der Waals surface area contributed by atoms with Crippen molar-refractivity contribution in [2.24, 2.45) is 17.8 Å². The van der Waals surface area contributed by atoms with E-state index in [-0.39, 0.29) is 24.1 Å². The lowest BCUT2D eigenvalue weighted by molar-refractivity contribution is -0.136. The quantitative estimate of drug-likeness (QED) is 0.358. The Morgan fingerprint density at radius 1 is 0.872 bits per heavy atom. The van der Waals surface area contributed by atoms with Gasteiger partial charge in [-0.3, -0.25) is 19.7 Å². The number of hydrogen-bond donors (Lipinski definition) is 2. The molecule has 0 spiro atoms. The van der Waals surface area contributed by atoms with Crippen molar-refractivity contribution in [3.63, 3.8) is 0 Å². The van der Waals surface area contributed by atoms with E-state index in [4.69, 9.17) is 0 Å². The number of nitrogens with one attached hydrogen (secondary N) is 2. The minimum atomic E-state index is -0.570. The van der Waals surface area contributed by atoms with Crippen molar-refractivity contribution in [2.75, 3.05) is 6.54 Å². The molecule has 1 saturated heterocycles. The summed E-state index contributed by atoms with van der Waals surface area (Å²) in [4.78, 5) is 38.6. The smallest absolute Gasteiger partial charge is 0.255 e. The number of aryl methyl sites for hydroxylation is 2. The highest BCUT2D eigenvalue weighted by molar-refractivity contribution is 6.05. The second-order valence-corrected chi connectivity index (χ2v) is 12.4. The van der Waals surface area contributed by atoms with E-state index in [0.717, 1.165) is 54.8 Å². The molecule has 2 aromatic rings. The predicted octanol–water partition coefficient (Wildman–Crippen LogP) is 4.93. The third-order valence-electron chi connectivity index (χ3n) is 9.67. The molecule has 2 aliphatic carbocycles. The number of carbonyl (C=O) groups is 3. The highest BCUT2D eigenvalue weighted by Gasteiger charge is 2.39. The zero-order valence-electron chi connectivity index (χ0n) is 22.9. The molecule has 206 valence electrons. The van der Waals surface area contributed by atoms with Gasteiger partial charge in [0, 0.05) is 25.1 Å². The maximum absolute atomic E-state index is 13.1. The van der Waals surface area contributed by atoms with Crippen LogP contribution in [0.3, 0.4) is 0 Å². The number of amides is 3. The van der Waals surface area contributed by atoms with Crippen LogP contribution in [0.1, 0.15) is 90.4 Å². The van der Waals surface area contributed by atoms with Crippen molar-refractivity contribution < 1.29 is 14.4 Å². The molecule has 2 heterocycles. The minimum Gasteiger partial charge on any atom is -0.322 e. The number of benzene rings is 2. The zero-order chi connectivity index (χ0) is 26.8. The Kier molecular flexibility index (Phi) is 7.83. The molecule has 2 aliphatic heterocycles. The van der Waals surface area contributed by atoms with E-state index >= 15 is 0 Å². The number of fused-ring (bicyclic) bond motifs is 3. The van der Waals surface area contributed by atoms with Gasteiger partial charge in [0.1, 0.15) is 6.04 Å². The lowest BCUT2D eigenvalue weighted by atomic mass is 9.67. The molecule has 4 aliphatic rings. The lowest BCUT2D eigenvalue weighted by Crippen LogP contribution is -2.52. The summed E-state index contributed by atoms with van der Waals surface area (Å²) in [7, 11) is 0. The molecule has 2 bridgehead atoms. The maximum atomic E-state index is 13.1. The summed E-state index contributed by atoms with van der Waals surface area (Å²) in [6, 6.07) is 14.2. The molecule has 0 aromatic heterocycles. The third-order valence-corrected chi connectivity index (χ3v) is 9.67. The summed E-state index contributed by atoms with van der Waals surface area (Å²) >= 11 is 0. The van der Waals surface area contributed by atoms with E-state index in [0.29, 0.717) is 18.5 Å². The number of rotatable bonds is 9. The summed E-state index contributed by atoms with van der Waals surface area (Å²) < 4.78 is 0. The van der Waals surface area contributed by atoms with Crippen molar-refractivity contribution in [1.82, 2.24) is 15.5 Å². The Morgan fingerprint density at radius 3 is 2.41 bits per heavy atom. The van der Waals surface area contributed by atoms with Crippen LogP contribution in [0.2, 0.25) is 0 Å². The molecular formula is C33H41N3O3. The van der Waals surface area contributed by atoms with Crippen molar-refractivity contribution in [3.8, 4) is 0 Å². The molecule has 39 heavy (non-hydrogen) atoms. The second kappa shape index (κ2) is 11.6. The van der Waals surface area contributed by atoms with Gasteiger partial charge in [-0.2, -0.15) is 0 Å². The normalized spacial score (nSPS) is 26.5. The van der Waals surface area contributed by atoms with Gasteiger partial charge in [-0.1, -0.05) is 55.7 Å². The van der Waals surface area contributed by atoms with Crippen LogP contribution < -0.4 is 10.6 Å². The van der Waals surface area contributed by atoms with Crippen LogP contribution in [0, 0.1) is 17.8 Å². The molecule has 3 fully saturated rings. The fraction of sp³-hybridized carbons (Fsp3) is 0.545. The van der Waals surface area contributed by atoms with E-state index in [1.165, 1.54) is 56.1 Å². The first kappa shape index (κ1) is 26.2. The third kappa shape index (κ3) is 5.96. The number of piperidine rings is 1. The van der Waals surface area contributed by atoms with E-state index < -0.39 is 6.04 Å². The van der Waals surface area contributed by atoms with Crippen LogP contribution in [0.5, 0.6) is 0 Å². The van der Waals surface area contributed by atoms with E-state index in [1.807, 2.05) is 12.1 Å². The fourth-order valence-electron chi connectivity index (χ4n) is 7.63. The SMILES string of the molecule is O=C1CCC(N2Cc3c(CCc4ccc(CNCCC5CC6CCCC(C6)C5)cc4)cccc3C2=O)C(=O)N1. The first-order valence-electron chi connectivity index (χ1n) is 15.1. The number of hydrogen-bond acceptors (Lipinski definition) is 4. The molecule has 6 nitrogen and oxygen atoms in total. The van der Waals surface area contributed by atoms with E-state index in [2.05, 4.69) is 41.0 Å². The summed E-state index contributed by atoms with van der Waals surface area (Å²) in [6.45, 7) is 2.47. The molecule has 2 saturated carbocycles. The van der Waals surface area contributed by atoms with Gasteiger partial charge in [0.05, 0.1) is 0 Å². The zero-order valence-corrected chi connectivity index (χ0v) is 22.9. The number of nitrogens with zero attached hydrogens (tertiary/aromatic N) is 1. The van der Waals surface area contributed by atoms with Crippen LogP contribution in [-0.2, 0) is 35.5 Å². The molecule has 2 aromatic carbocycles. The summed E-state index contributed by atoms with van der Waals surface area (Å²) in [6.07, 6.45) is 12.6. The monoisotopic (exact) mass is 527 g/mol. The second-order valence-electron chi connectivity index (χ2n) is 12.4. The molecule has 3 atom stereocenters. The van der Waals surface area contributed by atoms with Crippen LogP contribution in [0.4, 0.5) is 0 Å². The molecule has 0 radical (unpaired) electrons. The van der Waals surface area contributed by atoms with Gasteiger partial charge < -0.3 is 10.2 Å². The highest BCUT2D eigenvalue weighted by Crippen LogP contribution is 2.43. The topological polar surface area (TPSA) is 78.5 Å². The Labute approximate surface area is 231 Å². The average molecular weight is 528 g/mol. The van der Waals surface area contributed by atoms with Crippen molar-refractivity contribution in [3.05, 3.63) is 70.3 Å². The Morgan fingerprint density at radius 2 is 1.64 bits per heavy atom. The number of carbonyl (C=O) groups excluding carboxylic acids is 3. The van der Waals surface area contributed by atoms with Gasteiger partial charge in [-0.25, -0.2) is 0 Å². The van der Waals surface area contributed by atoms with Gasteiger partial charge >= 0.3 is 0 Å². The van der Waals surface area contributed by atoms with Crippen molar-refractivity contribution >= 4 is 17.7 Å². The summed E-state index contributed by atoms with van der Waals surface area (Å²) in [5.41, 5.74) is 5.49. The summed E-state index contributed by atoms with van der Waals surface area (Å²) in [5, 5.41) is 6.06. The molecule has 6 heteroatoms. The predicted molar refractivity (Wildman–Crippen MR) is 151 cm³/mol. The lowest BCUT2D eigenvalue weighted by Gasteiger charge is -2.39. The Balaban J connectivity index is 0.981. The first-order valence-corrected chi connectivity index (χ1v) is 15.1. The fourth-order valence-corrected chi connectivity index (χ4v) is 7.63. The van der Waals surface area contributed by atoms with Crippen LogP contribution in [0.15, 0.2) is 42.5 Å². The van der Waals surface area contributed by atoms with Crippen LogP contribution in [0.25, 0.3) is 0 Å². The molecular weight excluding hydrogens is 486 g/mol. The van der Waals surface area contributed by atoms with Gasteiger partial charge in [0.15, 0.2) is 0 Å². The summed E-state index contributed by atoms with van der Waals surface area (Å²) in [5.74, 6) is 2.22. The standard InChI is InChI=1S/C33H41N3O3/c37-31-14-13-30(32(38)35-31)36-21-29-27(5-2-6-28(29)33(36)39)12-11-22-7-9-23(10-8-22)20-34-16-15-26-18-24-3-1-4-25(17-24)19-26/h2,5-10,24-26,30,34H,1,3-4,11-21H2,(H,35,37,38).